The minimum absolute atomic E-state index is 0.315. The molecule has 74 valence electrons. The van der Waals surface area contributed by atoms with E-state index in [9.17, 15) is 9.59 Å². The van der Waals surface area contributed by atoms with Crippen molar-refractivity contribution in [1.82, 2.24) is 5.48 Å². The number of nitrogens with one attached hydrogen (secondary N) is 1. The topological polar surface area (TPSA) is 55.4 Å². The minimum Gasteiger partial charge on any atom is -0.340 e. The van der Waals surface area contributed by atoms with Gasteiger partial charge in [0.15, 0.2) is 0 Å². The van der Waals surface area contributed by atoms with Gasteiger partial charge in [-0.1, -0.05) is 30.3 Å². The molecule has 0 fully saturated rings. The van der Waals surface area contributed by atoms with Crippen molar-refractivity contribution in [3.05, 3.63) is 35.9 Å². The normalized spacial score (nSPS) is 11.5. The number of rotatable bonds is 4. The van der Waals surface area contributed by atoms with Gasteiger partial charge in [-0.05, 0) is 12.5 Å². The highest BCUT2D eigenvalue weighted by atomic mass is 16.7. The van der Waals surface area contributed by atoms with Crippen molar-refractivity contribution in [1.29, 1.82) is 0 Å². The molecule has 4 nitrogen and oxygen atoms in total. The van der Waals surface area contributed by atoms with Crippen molar-refractivity contribution >= 4 is 12.4 Å². The molecule has 1 rings (SSSR count). The molecule has 0 saturated heterocycles. The van der Waals surface area contributed by atoms with Crippen LogP contribution in [0.4, 0.5) is 0 Å². The fourth-order valence-corrected chi connectivity index (χ4v) is 1.05. The van der Waals surface area contributed by atoms with Crippen molar-refractivity contribution < 1.29 is 14.4 Å². The molecule has 0 aromatic heterocycles. The van der Waals surface area contributed by atoms with Crippen LogP contribution in [0.1, 0.15) is 18.4 Å². The second-order valence-corrected chi connectivity index (χ2v) is 2.79. The summed E-state index contributed by atoms with van der Waals surface area (Å²) in [7, 11) is 0. The lowest BCUT2D eigenvalue weighted by Crippen LogP contribution is -2.22. The average Bonchev–Trinajstić information content (AvgIpc) is 2.26. The lowest BCUT2D eigenvalue weighted by atomic mass is 10.0. The van der Waals surface area contributed by atoms with Crippen LogP contribution in [0.15, 0.2) is 30.3 Å². The predicted octanol–water partition coefficient (Wildman–Crippen LogP) is 0.994. The summed E-state index contributed by atoms with van der Waals surface area (Å²) < 4.78 is 0. The van der Waals surface area contributed by atoms with Gasteiger partial charge in [-0.25, -0.2) is 4.79 Å². The van der Waals surface area contributed by atoms with Crippen LogP contribution >= 0.6 is 0 Å². The third kappa shape index (κ3) is 2.58. The molecule has 0 aliphatic rings. The third-order valence-electron chi connectivity index (χ3n) is 1.86. The average molecular weight is 193 g/mol. The van der Waals surface area contributed by atoms with Crippen molar-refractivity contribution in [2.24, 2.45) is 0 Å². The summed E-state index contributed by atoms with van der Waals surface area (Å²) in [5.74, 6) is -0.869. The molecule has 1 N–H and O–H groups in total. The second-order valence-electron chi connectivity index (χ2n) is 2.79. The van der Waals surface area contributed by atoms with E-state index in [1.54, 1.807) is 6.92 Å². The van der Waals surface area contributed by atoms with Crippen LogP contribution in [0.25, 0.3) is 0 Å². The molecule has 1 atom stereocenters. The van der Waals surface area contributed by atoms with Crippen LogP contribution in [0.2, 0.25) is 0 Å². The van der Waals surface area contributed by atoms with Crippen LogP contribution in [-0.4, -0.2) is 12.4 Å². The molecule has 14 heavy (non-hydrogen) atoms. The first kappa shape index (κ1) is 10.2. The van der Waals surface area contributed by atoms with E-state index in [0.717, 1.165) is 5.56 Å². The standard InChI is InChI=1S/C10H11NO3/c1-8(10(13)14-11-7-12)9-5-3-2-4-6-9/h2-8H,1H3,(H,11,12). The number of carbonyl (C=O) groups excluding carboxylic acids is 2. The number of carbonyl (C=O) groups is 2. The molecule has 0 spiro atoms. The Balaban J connectivity index is 2.61. The van der Waals surface area contributed by atoms with E-state index in [0.29, 0.717) is 6.41 Å². The van der Waals surface area contributed by atoms with Gasteiger partial charge in [0.2, 0.25) is 6.41 Å². The largest absolute Gasteiger partial charge is 0.340 e. The Morgan fingerprint density at radius 1 is 1.43 bits per heavy atom. The second kappa shape index (κ2) is 5.01. The van der Waals surface area contributed by atoms with E-state index in [1.165, 1.54) is 0 Å². The fourth-order valence-electron chi connectivity index (χ4n) is 1.05. The van der Waals surface area contributed by atoms with Crippen molar-refractivity contribution in [2.45, 2.75) is 12.8 Å². The molecule has 4 heteroatoms. The summed E-state index contributed by atoms with van der Waals surface area (Å²) in [5, 5.41) is 0. The SMILES string of the molecule is CC(C(=O)ONC=O)c1ccccc1. The molecule has 1 unspecified atom stereocenters. The highest BCUT2D eigenvalue weighted by Gasteiger charge is 2.16. The molecule has 0 saturated carbocycles. The molecular weight excluding hydrogens is 182 g/mol. The van der Waals surface area contributed by atoms with E-state index in [-0.39, 0.29) is 5.92 Å². The fraction of sp³-hybridized carbons (Fsp3) is 0.200. The Hall–Kier alpha value is -1.84. The molecular formula is C10H11NO3. The molecule has 0 aliphatic heterocycles. The monoisotopic (exact) mass is 193 g/mol. The van der Waals surface area contributed by atoms with Gasteiger partial charge in [-0.3, -0.25) is 4.79 Å². The quantitative estimate of drug-likeness (QED) is 0.573. The van der Waals surface area contributed by atoms with Gasteiger partial charge >= 0.3 is 5.97 Å². The Labute approximate surface area is 81.8 Å². The first-order chi connectivity index (χ1) is 6.75. The number of hydroxylamine groups is 1. The van der Waals surface area contributed by atoms with Crippen LogP contribution in [-0.2, 0) is 14.4 Å². The van der Waals surface area contributed by atoms with E-state index in [2.05, 4.69) is 4.84 Å². The van der Waals surface area contributed by atoms with E-state index < -0.39 is 5.97 Å². The summed E-state index contributed by atoms with van der Waals surface area (Å²) in [6.45, 7) is 1.71. The van der Waals surface area contributed by atoms with Crippen molar-refractivity contribution in [2.75, 3.05) is 0 Å². The van der Waals surface area contributed by atoms with Crippen molar-refractivity contribution in [3.8, 4) is 0 Å². The van der Waals surface area contributed by atoms with Gasteiger partial charge in [-0.15, -0.1) is 0 Å². The molecule has 0 bridgehead atoms. The minimum atomic E-state index is -0.483. The van der Waals surface area contributed by atoms with E-state index >= 15 is 0 Å². The maximum atomic E-state index is 11.3. The number of hydrogen-bond acceptors (Lipinski definition) is 3. The first-order valence-electron chi connectivity index (χ1n) is 4.20. The van der Waals surface area contributed by atoms with Crippen LogP contribution < -0.4 is 5.48 Å². The van der Waals surface area contributed by atoms with Crippen LogP contribution in [0, 0.1) is 0 Å². The summed E-state index contributed by atoms with van der Waals surface area (Å²) in [6, 6.07) is 9.20. The van der Waals surface area contributed by atoms with Gasteiger partial charge in [-0.2, -0.15) is 5.48 Å². The summed E-state index contributed by atoms with van der Waals surface area (Å²) in [6.07, 6.45) is 0.315. The van der Waals surface area contributed by atoms with Gasteiger partial charge in [0.25, 0.3) is 0 Å². The molecule has 0 aliphatic carbocycles. The molecule has 1 aromatic carbocycles. The van der Waals surface area contributed by atoms with Crippen molar-refractivity contribution in [3.63, 3.8) is 0 Å². The molecule has 1 aromatic rings. The first-order valence-corrected chi connectivity index (χ1v) is 4.20. The maximum absolute atomic E-state index is 11.3. The third-order valence-corrected chi connectivity index (χ3v) is 1.86. The molecule has 0 radical (unpaired) electrons. The summed E-state index contributed by atoms with van der Waals surface area (Å²) >= 11 is 0. The number of amides is 1. The Kier molecular flexibility index (Phi) is 3.67. The van der Waals surface area contributed by atoms with Crippen LogP contribution in [0.5, 0.6) is 0 Å². The lowest BCUT2D eigenvalue weighted by molar-refractivity contribution is -0.155. The summed E-state index contributed by atoms with van der Waals surface area (Å²) in [4.78, 5) is 25.6. The zero-order chi connectivity index (χ0) is 10.4. The Morgan fingerprint density at radius 2 is 2.07 bits per heavy atom. The molecule has 1 amide bonds. The van der Waals surface area contributed by atoms with Gasteiger partial charge in [0.1, 0.15) is 0 Å². The smallest absolute Gasteiger partial charge is 0.339 e. The maximum Gasteiger partial charge on any atom is 0.339 e. The lowest BCUT2D eigenvalue weighted by Gasteiger charge is -2.09. The Bertz CT molecular complexity index is 310. The number of hydrogen-bond donors (Lipinski definition) is 1. The van der Waals surface area contributed by atoms with E-state index in [4.69, 9.17) is 0 Å². The Morgan fingerprint density at radius 3 is 2.64 bits per heavy atom. The summed E-state index contributed by atoms with van der Waals surface area (Å²) in [5.41, 5.74) is 2.72. The van der Waals surface area contributed by atoms with Gasteiger partial charge in [0.05, 0.1) is 5.92 Å². The van der Waals surface area contributed by atoms with Gasteiger partial charge < -0.3 is 4.84 Å². The van der Waals surface area contributed by atoms with Gasteiger partial charge in [0, 0.05) is 0 Å². The molecule has 0 heterocycles. The zero-order valence-electron chi connectivity index (χ0n) is 7.77. The highest BCUT2D eigenvalue weighted by molar-refractivity contribution is 5.78. The highest BCUT2D eigenvalue weighted by Crippen LogP contribution is 2.15. The predicted molar refractivity (Wildman–Crippen MR) is 50.1 cm³/mol. The number of benzene rings is 1. The zero-order valence-corrected chi connectivity index (χ0v) is 7.77. The van der Waals surface area contributed by atoms with Crippen LogP contribution in [0.3, 0.4) is 0 Å². The van der Waals surface area contributed by atoms with E-state index in [1.807, 2.05) is 35.8 Å².